The van der Waals surface area contributed by atoms with Crippen LogP contribution in [0.15, 0.2) is 66.9 Å². The van der Waals surface area contributed by atoms with Gasteiger partial charge < -0.3 is 25.0 Å². The first-order valence-electron chi connectivity index (χ1n) is 20.1. The highest BCUT2D eigenvalue weighted by Gasteiger charge is 2.56. The topological polar surface area (TPSA) is 166 Å². The number of hydrogen-bond acceptors (Lipinski definition) is 12. The van der Waals surface area contributed by atoms with Crippen molar-refractivity contribution < 1.29 is 37.4 Å². The third-order valence-electron chi connectivity index (χ3n) is 12.7. The van der Waals surface area contributed by atoms with Crippen LogP contribution in [-0.2, 0) is 22.7 Å². The van der Waals surface area contributed by atoms with Crippen molar-refractivity contribution in [3.05, 3.63) is 94.9 Å². The predicted octanol–water partition coefficient (Wildman–Crippen LogP) is 5.16. The molecule has 3 amide bonds. The summed E-state index contributed by atoms with van der Waals surface area (Å²) < 4.78 is 50.3. The van der Waals surface area contributed by atoms with Gasteiger partial charge >= 0.3 is 0 Å². The molecule has 3 aromatic heterocycles. The van der Waals surface area contributed by atoms with E-state index in [9.17, 15) is 32.7 Å². The van der Waals surface area contributed by atoms with Gasteiger partial charge in [0.25, 0.3) is 12.3 Å². The molecule has 308 valence electrons. The third-order valence-corrected chi connectivity index (χ3v) is 12.7. The number of rotatable bonds is 8. The first-order valence-corrected chi connectivity index (χ1v) is 20.1. The number of pyridine rings is 2. The number of aromatic hydroxyl groups is 1. The van der Waals surface area contributed by atoms with Crippen molar-refractivity contribution in [2.24, 2.45) is 0 Å². The summed E-state index contributed by atoms with van der Waals surface area (Å²) in [4.78, 5) is 52.3. The zero-order chi connectivity index (χ0) is 41.3. The van der Waals surface area contributed by atoms with Crippen LogP contribution in [0, 0.1) is 5.82 Å². The van der Waals surface area contributed by atoms with Crippen LogP contribution in [0.5, 0.6) is 11.6 Å². The minimum absolute atomic E-state index is 0.00346. The molecule has 0 bridgehead atoms. The van der Waals surface area contributed by atoms with Gasteiger partial charge in [0.2, 0.25) is 17.7 Å². The van der Waals surface area contributed by atoms with Gasteiger partial charge in [0.1, 0.15) is 17.7 Å². The molecule has 0 saturated carbocycles. The number of nitrogens with zero attached hydrogens (tertiary/aromatic N) is 7. The van der Waals surface area contributed by atoms with Gasteiger partial charge in [-0.3, -0.25) is 24.6 Å². The number of hydrogen-bond donors (Lipinski definition) is 3. The fraction of sp³-hybridized carbons (Fsp3) is 0.372. The number of fused-ring (bicyclic) bond motifs is 5. The summed E-state index contributed by atoms with van der Waals surface area (Å²) in [5.41, 5.74) is 3.14. The number of para-hydroxylation sites is 1. The molecule has 3 atom stereocenters. The molecule has 8 heterocycles. The number of imide groups is 1. The van der Waals surface area contributed by atoms with Gasteiger partial charge in [-0.05, 0) is 91.4 Å². The van der Waals surface area contributed by atoms with Gasteiger partial charge in [-0.25, -0.2) is 18.2 Å². The quantitative estimate of drug-likeness (QED) is 0.177. The predicted molar refractivity (Wildman–Crippen MR) is 212 cm³/mol. The molecular weight excluding hydrogens is 780 g/mol. The van der Waals surface area contributed by atoms with Crippen LogP contribution >= 0.6 is 0 Å². The molecule has 60 heavy (non-hydrogen) atoms. The van der Waals surface area contributed by atoms with Crippen LogP contribution in [0.2, 0.25) is 0 Å². The molecule has 3 saturated heterocycles. The van der Waals surface area contributed by atoms with Gasteiger partial charge in [-0.2, -0.15) is 4.98 Å². The molecular formula is C43H40F3N9O5. The lowest BCUT2D eigenvalue weighted by Crippen LogP contribution is -2.57. The molecule has 5 aliphatic heterocycles. The number of halogens is 3. The number of aromatic nitrogens is 4. The zero-order valence-electron chi connectivity index (χ0n) is 32.3. The Balaban J connectivity index is 0.775. The first kappa shape index (κ1) is 37.9. The Kier molecular flexibility index (Phi) is 9.30. The standard InChI is InChI=1S/C43H40F3N9O5/c44-31-3-1-2-29(37(31)57)32-16-34-39(52-51-32)48-22-43(42(45)46)17-28(21-55(34)43)60-36-9-6-26-14-23(18-47-38(26)50-36)19-53-12-10-24(11-13-53)25-4-5-27-20-54(41(59)30(27)15-25)33-7-8-35(56)49-40(33)58/h1-6,9,14-16,18,24,28,33,42,57H,7-8,10-13,17,19-22H2,(H,48,52)(H,49,56,58)/t28-,33+,43-/m1/s1. The van der Waals surface area contributed by atoms with Crippen LogP contribution < -0.4 is 20.3 Å². The molecule has 17 heteroatoms. The van der Waals surface area contributed by atoms with E-state index in [1.54, 1.807) is 22.1 Å². The Morgan fingerprint density at radius 2 is 1.83 bits per heavy atom. The number of piperidine rings is 2. The van der Waals surface area contributed by atoms with E-state index in [0.29, 0.717) is 48.1 Å². The van der Waals surface area contributed by atoms with Crippen LogP contribution in [-0.4, -0.2) is 103 Å². The molecule has 2 aromatic carbocycles. The maximum absolute atomic E-state index is 14.9. The summed E-state index contributed by atoms with van der Waals surface area (Å²) in [7, 11) is 0. The van der Waals surface area contributed by atoms with Gasteiger partial charge in [-0.15, -0.1) is 10.2 Å². The molecule has 5 aliphatic rings. The van der Waals surface area contributed by atoms with E-state index in [-0.39, 0.29) is 54.9 Å². The fourth-order valence-electron chi connectivity index (χ4n) is 9.50. The van der Waals surface area contributed by atoms with E-state index in [1.807, 2.05) is 24.3 Å². The number of likely N-dealkylation sites (tertiary alicyclic amines) is 1. The van der Waals surface area contributed by atoms with Crippen molar-refractivity contribution in [2.75, 3.05) is 36.4 Å². The zero-order valence-corrected chi connectivity index (χ0v) is 32.3. The fourth-order valence-corrected chi connectivity index (χ4v) is 9.50. The molecule has 0 radical (unpaired) electrons. The summed E-state index contributed by atoms with van der Waals surface area (Å²) >= 11 is 0. The van der Waals surface area contributed by atoms with Crippen molar-refractivity contribution in [3.63, 3.8) is 0 Å². The number of nitrogens with one attached hydrogen (secondary N) is 2. The highest BCUT2D eigenvalue weighted by molar-refractivity contribution is 6.05. The maximum atomic E-state index is 14.9. The molecule has 0 spiro atoms. The Bertz CT molecular complexity index is 2570. The molecule has 5 aromatic rings. The number of alkyl halides is 2. The Labute approximate surface area is 341 Å². The normalized spacial score (nSPS) is 23.1. The largest absolute Gasteiger partial charge is 0.504 e. The van der Waals surface area contributed by atoms with Crippen molar-refractivity contribution >= 4 is 40.3 Å². The summed E-state index contributed by atoms with van der Waals surface area (Å²) in [5, 5.41) is 24.8. The van der Waals surface area contributed by atoms with Gasteiger partial charge in [0.15, 0.2) is 23.0 Å². The average molecular weight is 820 g/mol. The van der Waals surface area contributed by atoms with E-state index in [1.165, 1.54) is 18.2 Å². The third kappa shape index (κ3) is 6.60. The Morgan fingerprint density at radius 3 is 2.65 bits per heavy atom. The highest BCUT2D eigenvalue weighted by Crippen LogP contribution is 2.46. The maximum Gasteiger partial charge on any atom is 0.263 e. The SMILES string of the molecule is O=C1CC[C@H](N2Cc3ccc(C4CCN(Cc5cnc6nc(O[C@H]7CN8c9cc(-c%10cccc(F)c%10O)nnc9NC[C@@]8(C(F)F)C7)ccc6c5)CC4)cc3C2=O)C(=O)N1. The summed E-state index contributed by atoms with van der Waals surface area (Å²) in [5.74, 6) is -1.44. The number of phenols is 1. The summed E-state index contributed by atoms with van der Waals surface area (Å²) in [6, 6.07) is 16.6. The number of ether oxygens (including phenoxy) is 1. The average Bonchev–Trinajstić information content (AvgIpc) is 3.79. The minimum Gasteiger partial charge on any atom is -0.504 e. The Morgan fingerprint density at radius 1 is 0.983 bits per heavy atom. The van der Waals surface area contributed by atoms with Gasteiger partial charge in [0, 0.05) is 61.3 Å². The number of amides is 3. The van der Waals surface area contributed by atoms with Crippen LogP contribution in [0.25, 0.3) is 22.3 Å². The van der Waals surface area contributed by atoms with Crippen molar-refractivity contribution in [1.29, 1.82) is 0 Å². The molecule has 0 aliphatic carbocycles. The Hall–Kier alpha value is -6.36. The van der Waals surface area contributed by atoms with Crippen LogP contribution in [0.1, 0.15) is 65.1 Å². The lowest BCUT2D eigenvalue weighted by Gasteiger charge is -2.43. The molecule has 0 unspecified atom stereocenters. The molecule has 14 nitrogen and oxygen atoms in total. The summed E-state index contributed by atoms with van der Waals surface area (Å²) in [6.45, 7) is 2.80. The lowest BCUT2D eigenvalue weighted by molar-refractivity contribution is -0.136. The van der Waals surface area contributed by atoms with Gasteiger partial charge in [0.05, 0.1) is 17.9 Å². The number of carbonyl (C=O) groups excluding carboxylic acids is 3. The van der Waals surface area contributed by atoms with Crippen molar-refractivity contribution in [1.82, 2.24) is 35.3 Å². The monoisotopic (exact) mass is 819 g/mol. The molecule has 3 fully saturated rings. The smallest absolute Gasteiger partial charge is 0.263 e. The van der Waals surface area contributed by atoms with E-state index in [2.05, 4.69) is 41.8 Å². The van der Waals surface area contributed by atoms with Crippen LogP contribution in [0.4, 0.5) is 24.7 Å². The molecule has 3 N–H and O–H groups in total. The van der Waals surface area contributed by atoms with E-state index < -0.39 is 41.6 Å². The van der Waals surface area contributed by atoms with Crippen LogP contribution in [0.3, 0.4) is 0 Å². The second-order valence-electron chi connectivity index (χ2n) is 16.3. The van der Waals surface area contributed by atoms with Crippen molar-refractivity contribution in [3.8, 4) is 22.9 Å². The van der Waals surface area contributed by atoms with Gasteiger partial charge in [-0.1, -0.05) is 18.2 Å². The second kappa shape index (κ2) is 14.7. The minimum atomic E-state index is -2.74. The second-order valence-corrected chi connectivity index (χ2v) is 16.3. The number of carbonyl (C=O) groups is 3. The highest BCUT2D eigenvalue weighted by atomic mass is 19.3. The van der Waals surface area contributed by atoms with E-state index >= 15 is 0 Å². The lowest BCUT2D eigenvalue weighted by atomic mass is 9.87. The number of phenolic OH excluding ortho intramolecular Hbond substituents is 1. The number of anilines is 2. The number of benzene rings is 2. The summed E-state index contributed by atoms with van der Waals surface area (Å²) in [6.07, 6.45) is 0.802. The first-order chi connectivity index (χ1) is 29.0. The van der Waals surface area contributed by atoms with E-state index in [4.69, 9.17) is 4.74 Å². The van der Waals surface area contributed by atoms with E-state index in [0.717, 1.165) is 54.1 Å². The van der Waals surface area contributed by atoms with Crippen molar-refractivity contribution in [2.45, 2.75) is 75.2 Å². The molecule has 10 rings (SSSR count).